The Morgan fingerprint density at radius 2 is 1.90 bits per heavy atom. The Morgan fingerprint density at radius 1 is 1.25 bits per heavy atom. The van der Waals surface area contributed by atoms with E-state index in [0.29, 0.717) is 12.1 Å². The maximum Gasteiger partial charge on any atom is 0.270 e. The van der Waals surface area contributed by atoms with Gasteiger partial charge >= 0.3 is 0 Å². The van der Waals surface area contributed by atoms with Crippen LogP contribution in [-0.2, 0) is 0 Å². The highest BCUT2D eigenvalue weighted by Crippen LogP contribution is 2.37. The lowest BCUT2D eigenvalue weighted by Crippen LogP contribution is -2.51. The molecule has 0 unspecified atom stereocenters. The lowest BCUT2D eigenvalue weighted by molar-refractivity contribution is 0.0585. The number of carbonyl (C=O) groups is 1. The lowest BCUT2D eigenvalue weighted by atomic mass is 10.2. The fourth-order valence-electron chi connectivity index (χ4n) is 2.88. The minimum absolute atomic E-state index is 0.186. The van der Waals surface area contributed by atoms with Crippen LogP contribution in [-0.4, -0.2) is 52.5 Å². The first kappa shape index (κ1) is 14.1. The zero-order chi connectivity index (χ0) is 14.3. The number of rotatable bonds is 3. The summed E-state index contributed by atoms with van der Waals surface area (Å²) in [6.07, 6.45) is 4.44. The molecule has 1 aliphatic carbocycles. The molecule has 1 amide bonds. The van der Waals surface area contributed by atoms with Gasteiger partial charge in [-0.15, -0.1) is 0 Å². The van der Waals surface area contributed by atoms with Crippen molar-refractivity contribution >= 4 is 21.8 Å². The second-order valence-corrected chi connectivity index (χ2v) is 7.02. The summed E-state index contributed by atoms with van der Waals surface area (Å²) >= 11 is 3.50. The van der Waals surface area contributed by atoms with E-state index in [0.717, 1.165) is 36.3 Å². The number of carbonyl (C=O) groups excluding carboxylic acids is 1. The fraction of sp³-hybridized carbons (Fsp3) is 0.667. The zero-order valence-electron chi connectivity index (χ0n) is 12.2. The smallest absolute Gasteiger partial charge is 0.270 e. The van der Waals surface area contributed by atoms with Crippen molar-refractivity contribution in [1.82, 2.24) is 14.4 Å². The van der Waals surface area contributed by atoms with Crippen molar-refractivity contribution in [3.8, 4) is 0 Å². The zero-order valence-corrected chi connectivity index (χ0v) is 13.8. The Hall–Kier alpha value is -0.810. The summed E-state index contributed by atoms with van der Waals surface area (Å²) in [5.41, 5.74) is 0.845. The van der Waals surface area contributed by atoms with Crippen LogP contribution >= 0.6 is 15.9 Å². The highest BCUT2D eigenvalue weighted by molar-refractivity contribution is 9.10. The van der Waals surface area contributed by atoms with Crippen molar-refractivity contribution in [2.45, 2.75) is 38.8 Å². The lowest BCUT2D eigenvalue weighted by Gasteiger charge is -2.37. The monoisotopic (exact) mass is 339 g/mol. The molecule has 0 radical (unpaired) electrons. The molecule has 1 aromatic rings. The van der Waals surface area contributed by atoms with Gasteiger partial charge in [0, 0.05) is 48.9 Å². The molecule has 3 rings (SSSR count). The number of aromatic nitrogens is 1. The first-order chi connectivity index (χ1) is 9.56. The van der Waals surface area contributed by atoms with Gasteiger partial charge in [-0.05, 0) is 48.7 Å². The van der Waals surface area contributed by atoms with Gasteiger partial charge in [0.05, 0.1) is 0 Å². The molecule has 2 aliphatic rings. The molecule has 0 aromatic carbocycles. The van der Waals surface area contributed by atoms with Crippen LogP contribution < -0.4 is 0 Å². The maximum absolute atomic E-state index is 12.7. The average molecular weight is 340 g/mol. The summed E-state index contributed by atoms with van der Waals surface area (Å²) in [7, 11) is 0. The summed E-state index contributed by atoms with van der Waals surface area (Å²) in [4.78, 5) is 17.1. The van der Waals surface area contributed by atoms with E-state index in [-0.39, 0.29) is 5.91 Å². The van der Waals surface area contributed by atoms with Crippen LogP contribution in [0, 0.1) is 0 Å². The van der Waals surface area contributed by atoms with Gasteiger partial charge in [0.15, 0.2) is 0 Å². The Kier molecular flexibility index (Phi) is 3.91. The van der Waals surface area contributed by atoms with Gasteiger partial charge in [0.2, 0.25) is 0 Å². The minimum atomic E-state index is 0.186. The van der Waals surface area contributed by atoms with Crippen molar-refractivity contribution < 1.29 is 4.79 Å². The second-order valence-electron chi connectivity index (χ2n) is 6.10. The van der Waals surface area contributed by atoms with E-state index in [1.165, 1.54) is 12.8 Å². The normalized spacial score (nSPS) is 20.7. The molecule has 1 saturated carbocycles. The molecule has 1 aromatic heterocycles. The van der Waals surface area contributed by atoms with Gasteiger partial charge in [-0.1, -0.05) is 0 Å². The molecule has 2 heterocycles. The van der Waals surface area contributed by atoms with Crippen LogP contribution in [0.1, 0.15) is 43.2 Å². The van der Waals surface area contributed by atoms with Gasteiger partial charge in [-0.2, -0.15) is 0 Å². The molecule has 4 nitrogen and oxygen atoms in total. The van der Waals surface area contributed by atoms with E-state index in [9.17, 15) is 4.79 Å². The van der Waals surface area contributed by atoms with Gasteiger partial charge in [-0.25, -0.2) is 0 Å². The number of halogens is 1. The first-order valence-electron chi connectivity index (χ1n) is 7.47. The molecule has 0 bridgehead atoms. The molecular formula is C15H22BrN3O. The van der Waals surface area contributed by atoms with Crippen molar-refractivity contribution in [1.29, 1.82) is 0 Å². The maximum atomic E-state index is 12.7. The molecule has 0 atom stereocenters. The van der Waals surface area contributed by atoms with Crippen LogP contribution in [0.3, 0.4) is 0 Å². The van der Waals surface area contributed by atoms with Crippen LogP contribution in [0.15, 0.2) is 16.7 Å². The first-order valence-corrected chi connectivity index (χ1v) is 8.26. The number of hydrogen-bond acceptors (Lipinski definition) is 2. The Morgan fingerprint density at radius 3 is 2.45 bits per heavy atom. The number of amides is 1. The van der Waals surface area contributed by atoms with Crippen LogP contribution in [0.5, 0.6) is 0 Å². The van der Waals surface area contributed by atoms with Gasteiger partial charge in [-0.3, -0.25) is 9.69 Å². The van der Waals surface area contributed by atoms with E-state index in [4.69, 9.17) is 0 Å². The Balaban J connectivity index is 1.70. The highest BCUT2D eigenvalue weighted by Gasteiger charge is 2.30. The molecule has 1 saturated heterocycles. The summed E-state index contributed by atoms with van der Waals surface area (Å²) in [5, 5.41) is 0. The van der Waals surface area contributed by atoms with E-state index in [2.05, 4.69) is 45.4 Å². The van der Waals surface area contributed by atoms with Crippen LogP contribution in [0.25, 0.3) is 0 Å². The molecule has 2 fully saturated rings. The summed E-state index contributed by atoms with van der Waals surface area (Å²) in [6.45, 7) is 8.07. The minimum Gasteiger partial charge on any atom is -0.339 e. The van der Waals surface area contributed by atoms with Crippen molar-refractivity contribution in [2.75, 3.05) is 26.2 Å². The SMILES string of the molecule is CC(C)N1CCN(C(=O)c2cc(Br)cn2C2CC2)CC1. The van der Waals surface area contributed by atoms with Crippen LogP contribution in [0.2, 0.25) is 0 Å². The quantitative estimate of drug-likeness (QED) is 0.847. The van der Waals surface area contributed by atoms with Crippen molar-refractivity contribution in [2.24, 2.45) is 0 Å². The van der Waals surface area contributed by atoms with Gasteiger partial charge in [0.25, 0.3) is 5.91 Å². The van der Waals surface area contributed by atoms with E-state index >= 15 is 0 Å². The number of piperazine rings is 1. The third kappa shape index (κ3) is 2.79. The summed E-state index contributed by atoms with van der Waals surface area (Å²) in [6, 6.07) is 3.07. The average Bonchev–Trinajstić information content (AvgIpc) is 3.21. The highest BCUT2D eigenvalue weighted by atomic mass is 79.9. The molecule has 5 heteroatoms. The topological polar surface area (TPSA) is 28.5 Å². The van der Waals surface area contributed by atoms with Crippen LogP contribution in [0.4, 0.5) is 0 Å². The van der Waals surface area contributed by atoms with E-state index in [1.54, 1.807) is 0 Å². The predicted octanol–water partition coefficient (Wildman–Crippen LogP) is 2.75. The van der Waals surface area contributed by atoms with Gasteiger partial charge in [0.1, 0.15) is 5.69 Å². The third-order valence-corrected chi connectivity index (χ3v) is 4.74. The van der Waals surface area contributed by atoms with E-state index in [1.807, 2.05) is 11.0 Å². The standard InChI is InChI=1S/C15H22BrN3O/c1-11(2)17-5-7-18(8-6-17)15(20)14-9-12(16)10-19(14)13-3-4-13/h9-11,13H,3-8H2,1-2H3. The van der Waals surface area contributed by atoms with Crippen molar-refractivity contribution in [3.63, 3.8) is 0 Å². The van der Waals surface area contributed by atoms with E-state index < -0.39 is 0 Å². The molecular weight excluding hydrogens is 318 g/mol. The van der Waals surface area contributed by atoms with Crippen molar-refractivity contribution in [3.05, 3.63) is 22.4 Å². The van der Waals surface area contributed by atoms with Gasteiger partial charge < -0.3 is 9.47 Å². The second kappa shape index (κ2) is 5.53. The fourth-order valence-corrected chi connectivity index (χ4v) is 3.31. The predicted molar refractivity (Wildman–Crippen MR) is 83.0 cm³/mol. The Bertz CT molecular complexity index is 499. The molecule has 1 aliphatic heterocycles. The largest absolute Gasteiger partial charge is 0.339 e. The summed E-state index contributed by atoms with van der Waals surface area (Å²) < 4.78 is 3.16. The number of nitrogens with zero attached hydrogens (tertiary/aromatic N) is 3. The molecule has 0 spiro atoms. The molecule has 0 N–H and O–H groups in total. The molecule has 110 valence electrons. The third-order valence-electron chi connectivity index (χ3n) is 4.31. The Labute approximate surface area is 128 Å². The number of hydrogen-bond donors (Lipinski definition) is 0. The molecule has 20 heavy (non-hydrogen) atoms. The summed E-state index contributed by atoms with van der Waals surface area (Å²) in [5.74, 6) is 0.186.